The number of likely N-dealkylation sites (N-methyl/N-ethyl adjacent to an activating group) is 1. The van der Waals surface area contributed by atoms with Gasteiger partial charge in [0.1, 0.15) is 5.88 Å². The second kappa shape index (κ2) is 14.7. The van der Waals surface area contributed by atoms with Crippen LogP contribution in [0.5, 0.6) is 0 Å². The average molecular weight is 282 g/mol. The van der Waals surface area contributed by atoms with Gasteiger partial charge in [0.25, 0.3) is 0 Å². The topological polar surface area (TPSA) is 87.6 Å². The van der Waals surface area contributed by atoms with Crippen LogP contribution in [0, 0.1) is 0 Å². The second-order valence-corrected chi connectivity index (χ2v) is 4.21. The number of rotatable bonds is 8. The normalized spacial score (nSPS) is 9.94. The molecule has 5 N–H and O–H groups in total. The first-order chi connectivity index (χ1) is 8.53. The van der Waals surface area contributed by atoms with Crippen LogP contribution in [0.2, 0.25) is 0 Å². The summed E-state index contributed by atoms with van der Waals surface area (Å²) in [5.74, 6) is 0.0224. The van der Waals surface area contributed by atoms with Crippen molar-refractivity contribution in [2.24, 2.45) is 11.5 Å². The number of alkyl halides is 1. The lowest BCUT2D eigenvalue weighted by molar-refractivity contribution is -0.126. The highest BCUT2D eigenvalue weighted by atomic mass is 35.5. The number of nitrogens with one attached hydrogen (secondary N) is 1. The highest BCUT2D eigenvalue weighted by molar-refractivity contribution is 6.27. The summed E-state index contributed by atoms with van der Waals surface area (Å²) in [6.45, 7) is 5.34. The largest absolute Gasteiger partial charge is 0.348 e. The third-order valence-corrected chi connectivity index (χ3v) is 2.41. The Morgan fingerprint density at radius 1 is 1.17 bits per heavy atom. The minimum atomic E-state index is -0.0540. The molecule has 0 unspecified atom stereocenters. The van der Waals surface area contributed by atoms with Crippen LogP contribution in [0.15, 0.2) is 0 Å². The summed E-state index contributed by atoms with van der Waals surface area (Å²) >= 11 is 5.16. The molecule has 0 rings (SSSR count). The predicted molar refractivity (Wildman–Crippen MR) is 77.9 cm³/mol. The minimum Gasteiger partial charge on any atom is -0.348 e. The molecular formula is C11H28ClN5O. The molecule has 110 valence electrons. The van der Waals surface area contributed by atoms with Gasteiger partial charge in [-0.2, -0.15) is 0 Å². The first-order valence-electron chi connectivity index (χ1n) is 6.06. The highest BCUT2D eigenvalue weighted by Gasteiger charge is 1.99. The van der Waals surface area contributed by atoms with Crippen LogP contribution in [-0.2, 0) is 4.79 Å². The number of hydrogen-bond acceptors (Lipinski definition) is 5. The van der Waals surface area contributed by atoms with Gasteiger partial charge in [0.2, 0.25) is 5.91 Å². The number of halogens is 1. The molecule has 0 spiro atoms. The van der Waals surface area contributed by atoms with Crippen molar-refractivity contribution < 1.29 is 4.79 Å². The van der Waals surface area contributed by atoms with Crippen LogP contribution >= 0.6 is 11.6 Å². The first-order valence-corrected chi connectivity index (χ1v) is 6.60. The van der Waals surface area contributed by atoms with Crippen molar-refractivity contribution in [1.29, 1.82) is 0 Å². The van der Waals surface area contributed by atoms with Crippen molar-refractivity contribution in [3.05, 3.63) is 0 Å². The Hall–Kier alpha value is -0.400. The fourth-order valence-electron chi connectivity index (χ4n) is 1.09. The molecule has 18 heavy (non-hydrogen) atoms. The van der Waals surface area contributed by atoms with E-state index < -0.39 is 0 Å². The Morgan fingerprint density at radius 3 is 1.89 bits per heavy atom. The molecule has 0 aliphatic rings. The summed E-state index contributed by atoms with van der Waals surface area (Å²) in [6.07, 6.45) is 0. The predicted octanol–water partition coefficient (Wildman–Crippen LogP) is -1.26. The van der Waals surface area contributed by atoms with Crippen molar-refractivity contribution in [3.63, 3.8) is 0 Å². The quantitative estimate of drug-likeness (QED) is 0.484. The van der Waals surface area contributed by atoms with Crippen LogP contribution in [0.4, 0.5) is 0 Å². The third kappa shape index (κ3) is 13.7. The molecule has 0 aromatic rings. The Morgan fingerprint density at radius 2 is 1.67 bits per heavy atom. The molecule has 0 saturated carbocycles. The zero-order chi connectivity index (χ0) is 14.4. The lowest BCUT2D eigenvalue weighted by Crippen LogP contribution is -2.37. The number of hydrogen-bond donors (Lipinski definition) is 3. The number of carbonyl (C=O) groups excluding carboxylic acids is 1. The molecule has 0 saturated heterocycles. The van der Waals surface area contributed by atoms with E-state index in [1.54, 1.807) is 14.1 Å². The molecule has 0 aliphatic carbocycles. The van der Waals surface area contributed by atoms with E-state index in [0.29, 0.717) is 13.1 Å². The summed E-state index contributed by atoms with van der Waals surface area (Å²) in [5.41, 5.74) is 10.9. The molecule has 7 heteroatoms. The highest BCUT2D eigenvalue weighted by Crippen LogP contribution is 1.83. The van der Waals surface area contributed by atoms with E-state index in [1.165, 1.54) is 4.90 Å². The van der Waals surface area contributed by atoms with Gasteiger partial charge in [-0.25, -0.2) is 0 Å². The lowest BCUT2D eigenvalue weighted by atomic mass is 10.4. The maximum atomic E-state index is 10.3. The fourth-order valence-corrected chi connectivity index (χ4v) is 1.33. The Balaban J connectivity index is 0. The molecule has 0 fully saturated rings. The smallest absolute Gasteiger partial charge is 0.236 e. The van der Waals surface area contributed by atoms with Gasteiger partial charge in [0.15, 0.2) is 0 Å². The zero-order valence-electron chi connectivity index (χ0n) is 11.8. The van der Waals surface area contributed by atoms with E-state index >= 15 is 0 Å². The maximum Gasteiger partial charge on any atom is 0.236 e. The number of amides is 1. The van der Waals surface area contributed by atoms with Gasteiger partial charge in [-0.3, -0.25) is 9.69 Å². The van der Waals surface area contributed by atoms with Gasteiger partial charge in [-0.15, -0.1) is 11.6 Å². The number of nitrogens with zero attached hydrogens (tertiary/aromatic N) is 2. The van der Waals surface area contributed by atoms with Crippen molar-refractivity contribution in [3.8, 4) is 0 Å². The Kier molecular flexibility index (Phi) is 16.2. The van der Waals surface area contributed by atoms with Crippen LogP contribution in [0.1, 0.15) is 0 Å². The van der Waals surface area contributed by atoms with Crippen LogP contribution in [0.3, 0.4) is 0 Å². The molecule has 6 nitrogen and oxygen atoms in total. The van der Waals surface area contributed by atoms with Crippen LogP contribution in [0.25, 0.3) is 0 Å². The van der Waals surface area contributed by atoms with E-state index in [-0.39, 0.29) is 11.8 Å². The molecule has 0 aliphatic heterocycles. The van der Waals surface area contributed by atoms with Crippen molar-refractivity contribution in [2.75, 3.05) is 66.3 Å². The monoisotopic (exact) mass is 281 g/mol. The summed E-state index contributed by atoms with van der Waals surface area (Å²) in [6, 6.07) is 0. The van der Waals surface area contributed by atoms with Crippen molar-refractivity contribution >= 4 is 17.5 Å². The first kappa shape index (κ1) is 19.9. The van der Waals surface area contributed by atoms with E-state index in [9.17, 15) is 4.79 Å². The number of nitrogens with two attached hydrogens (primary N) is 2. The molecule has 1 amide bonds. The van der Waals surface area contributed by atoms with Gasteiger partial charge < -0.3 is 21.7 Å². The van der Waals surface area contributed by atoms with Crippen LogP contribution in [-0.4, -0.2) is 82.0 Å². The number of carbonyl (C=O) groups is 1. The Bertz CT molecular complexity index is 186. The average Bonchev–Trinajstić information content (AvgIpc) is 2.36. The van der Waals surface area contributed by atoms with Gasteiger partial charge in [-0.1, -0.05) is 0 Å². The molecule has 0 atom stereocenters. The lowest BCUT2D eigenvalue weighted by Gasteiger charge is -2.19. The van der Waals surface area contributed by atoms with E-state index in [1.807, 2.05) is 7.05 Å². The summed E-state index contributed by atoms with van der Waals surface area (Å²) in [7, 11) is 5.29. The summed E-state index contributed by atoms with van der Waals surface area (Å²) < 4.78 is 0. The van der Waals surface area contributed by atoms with Crippen LogP contribution < -0.4 is 16.8 Å². The summed E-state index contributed by atoms with van der Waals surface area (Å²) in [4.78, 5) is 14.0. The minimum absolute atomic E-state index is 0.0540. The van der Waals surface area contributed by atoms with Gasteiger partial charge in [0.05, 0.1) is 0 Å². The molecule has 0 aromatic heterocycles. The second-order valence-electron chi connectivity index (χ2n) is 3.94. The maximum absolute atomic E-state index is 10.3. The summed E-state index contributed by atoms with van der Waals surface area (Å²) in [5, 5.41) is 3.09. The van der Waals surface area contributed by atoms with E-state index in [4.69, 9.17) is 23.1 Å². The van der Waals surface area contributed by atoms with E-state index in [0.717, 1.165) is 26.2 Å². The Labute approximate surface area is 116 Å². The zero-order valence-corrected chi connectivity index (χ0v) is 12.5. The molecule has 0 bridgehead atoms. The molecule has 0 heterocycles. The van der Waals surface area contributed by atoms with Gasteiger partial charge in [-0.05, 0) is 7.05 Å². The van der Waals surface area contributed by atoms with Gasteiger partial charge in [0, 0.05) is 53.4 Å². The molecule has 0 aromatic carbocycles. The van der Waals surface area contributed by atoms with Gasteiger partial charge >= 0.3 is 0 Å². The molecular weight excluding hydrogens is 254 g/mol. The van der Waals surface area contributed by atoms with Crippen molar-refractivity contribution in [2.45, 2.75) is 0 Å². The third-order valence-electron chi connectivity index (χ3n) is 2.18. The van der Waals surface area contributed by atoms with E-state index in [2.05, 4.69) is 10.2 Å². The molecule has 0 radical (unpaired) electrons. The fraction of sp³-hybridized carbons (Fsp3) is 0.909. The SMILES string of the molecule is CN(C)C(=O)CCl.CNCCN(CCN)CCN. The standard InChI is InChI=1S/C7H20N4.C4H8ClNO/c1-10-4-7-11(5-2-8)6-3-9;1-6(2)4(7)3-5/h10H,2-9H2,1H3;3H2,1-2H3. The van der Waals surface area contributed by atoms with Crippen molar-refractivity contribution in [1.82, 2.24) is 15.1 Å².